The molecule has 2 aromatic carbocycles. The summed E-state index contributed by atoms with van der Waals surface area (Å²) in [6.45, 7) is 4.05. The molecule has 0 saturated heterocycles. The van der Waals surface area contributed by atoms with Crippen LogP contribution >= 0.6 is 0 Å². The van der Waals surface area contributed by atoms with Crippen molar-refractivity contribution in [2.24, 2.45) is 11.7 Å². The molecular formula is C22H29NO5. The van der Waals surface area contributed by atoms with E-state index in [2.05, 4.69) is 0 Å². The minimum absolute atomic E-state index is 0.0135. The maximum Gasteiger partial charge on any atom is 0.338 e. The molecule has 0 aromatic heterocycles. The fourth-order valence-electron chi connectivity index (χ4n) is 2.75. The van der Waals surface area contributed by atoms with Crippen LogP contribution in [0.25, 0.3) is 0 Å². The zero-order chi connectivity index (χ0) is 20.5. The lowest BCUT2D eigenvalue weighted by Gasteiger charge is -2.35. The first-order valence-corrected chi connectivity index (χ1v) is 9.32. The number of hydrogen-bond donors (Lipinski definition) is 2. The minimum Gasteiger partial charge on any atom is -0.454 e. The van der Waals surface area contributed by atoms with Gasteiger partial charge in [0, 0.05) is 13.2 Å². The van der Waals surface area contributed by atoms with E-state index in [-0.39, 0.29) is 12.5 Å². The molecule has 4 atom stereocenters. The van der Waals surface area contributed by atoms with E-state index in [1.807, 2.05) is 50.2 Å². The summed E-state index contributed by atoms with van der Waals surface area (Å²) in [7, 11) is 1.36. The Bertz CT molecular complexity index is 707. The molecule has 0 amide bonds. The molecule has 0 aliphatic heterocycles. The third-order valence-electron chi connectivity index (χ3n) is 4.53. The maximum atomic E-state index is 12.6. The van der Waals surface area contributed by atoms with Gasteiger partial charge >= 0.3 is 5.97 Å². The second kappa shape index (κ2) is 10.9. The molecule has 4 unspecified atom stereocenters. The summed E-state index contributed by atoms with van der Waals surface area (Å²) in [6, 6.07) is 17.6. The van der Waals surface area contributed by atoms with Gasteiger partial charge < -0.3 is 25.1 Å². The number of carbonyl (C=O) groups excluding carboxylic acids is 1. The van der Waals surface area contributed by atoms with Gasteiger partial charge in [-0.2, -0.15) is 0 Å². The maximum absolute atomic E-state index is 12.6. The number of nitrogens with two attached hydrogens (primary N) is 1. The molecule has 0 aliphatic carbocycles. The number of aliphatic hydroxyl groups excluding tert-OH is 1. The highest BCUT2D eigenvalue weighted by Crippen LogP contribution is 2.20. The van der Waals surface area contributed by atoms with E-state index in [0.717, 1.165) is 5.56 Å². The third-order valence-corrected chi connectivity index (χ3v) is 4.53. The number of rotatable bonds is 10. The fourth-order valence-corrected chi connectivity index (χ4v) is 2.75. The Kier molecular flexibility index (Phi) is 8.60. The molecule has 0 spiro atoms. The van der Waals surface area contributed by atoms with Gasteiger partial charge in [-0.3, -0.25) is 0 Å². The third kappa shape index (κ3) is 6.14. The van der Waals surface area contributed by atoms with E-state index in [1.165, 1.54) is 7.11 Å². The summed E-state index contributed by atoms with van der Waals surface area (Å²) in [6.07, 6.45) is -3.15. The van der Waals surface area contributed by atoms with Gasteiger partial charge in [0.1, 0.15) is 12.2 Å². The predicted octanol–water partition coefficient (Wildman–Crippen LogP) is 2.75. The molecule has 0 fully saturated rings. The topological polar surface area (TPSA) is 91.0 Å². The lowest BCUT2D eigenvalue weighted by molar-refractivity contribution is -0.203. The van der Waals surface area contributed by atoms with Crippen molar-refractivity contribution in [1.29, 1.82) is 0 Å². The molecular weight excluding hydrogens is 358 g/mol. The summed E-state index contributed by atoms with van der Waals surface area (Å²) in [5.41, 5.74) is 7.64. The number of carbonyl (C=O) groups is 1. The van der Waals surface area contributed by atoms with Gasteiger partial charge in [0.15, 0.2) is 6.29 Å². The van der Waals surface area contributed by atoms with Crippen molar-refractivity contribution >= 4 is 5.97 Å². The van der Waals surface area contributed by atoms with E-state index < -0.39 is 30.5 Å². The van der Waals surface area contributed by atoms with Crippen molar-refractivity contribution in [3.8, 4) is 0 Å². The van der Waals surface area contributed by atoms with E-state index in [1.54, 1.807) is 24.3 Å². The molecule has 3 N–H and O–H groups in total. The predicted molar refractivity (Wildman–Crippen MR) is 106 cm³/mol. The summed E-state index contributed by atoms with van der Waals surface area (Å²) in [4.78, 5) is 12.6. The number of esters is 1. The highest BCUT2D eigenvalue weighted by atomic mass is 16.6. The molecule has 0 bridgehead atoms. The summed E-state index contributed by atoms with van der Waals surface area (Å²) in [5, 5.41) is 10.4. The Morgan fingerprint density at radius 1 is 1.00 bits per heavy atom. The molecule has 0 aliphatic rings. The molecule has 2 aromatic rings. The van der Waals surface area contributed by atoms with Gasteiger partial charge in [-0.25, -0.2) is 4.79 Å². The van der Waals surface area contributed by atoms with Gasteiger partial charge in [-0.1, -0.05) is 62.4 Å². The average Bonchev–Trinajstić information content (AvgIpc) is 2.73. The Morgan fingerprint density at radius 2 is 1.57 bits per heavy atom. The number of hydrogen-bond acceptors (Lipinski definition) is 6. The number of benzene rings is 2. The first-order chi connectivity index (χ1) is 13.4. The first kappa shape index (κ1) is 22.0. The van der Waals surface area contributed by atoms with E-state index in [9.17, 15) is 9.90 Å². The molecule has 6 heteroatoms. The molecule has 0 heterocycles. The van der Waals surface area contributed by atoms with Crippen molar-refractivity contribution in [3.63, 3.8) is 0 Å². The molecule has 152 valence electrons. The normalized spacial score (nSPS) is 15.6. The van der Waals surface area contributed by atoms with Crippen molar-refractivity contribution in [1.82, 2.24) is 0 Å². The smallest absolute Gasteiger partial charge is 0.338 e. The van der Waals surface area contributed by atoms with Crippen LogP contribution in [-0.4, -0.2) is 42.7 Å². The van der Waals surface area contributed by atoms with Gasteiger partial charge in [-0.15, -0.1) is 0 Å². The van der Waals surface area contributed by atoms with Crippen LogP contribution in [0.1, 0.15) is 29.8 Å². The Morgan fingerprint density at radius 3 is 2.11 bits per heavy atom. The first-order valence-electron chi connectivity index (χ1n) is 9.32. The average molecular weight is 387 g/mol. The van der Waals surface area contributed by atoms with Crippen LogP contribution in [0.2, 0.25) is 0 Å². The van der Waals surface area contributed by atoms with E-state index >= 15 is 0 Å². The fraction of sp³-hybridized carbons (Fsp3) is 0.409. The lowest BCUT2D eigenvalue weighted by Crippen LogP contribution is -2.54. The zero-order valence-corrected chi connectivity index (χ0v) is 16.5. The van der Waals surface area contributed by atoms with Crippen LogP contribution in [-0.2, 0) is 20.8 Å². The molecule has 2 rings (SSSR count). The lowest BCUT2D eigenvalue weighted by atomic mass is 9.95. The Hall–Kier alpha value is -2.25. The zero-order valence-electron chi connectivity index (χ0n) is 16.5. The van der Waals surface area contributed by atoms with Crippen molar-refractivity contribution < 1.29 is 24.1 Å². The van der Waals surface area contributed by atoms with Crippen LogP contribution in [0.5, 0.6) is 0 Å². The summed E-state index contributed by atoms with van der Waals surface area (Å²) < 4.78 is 16.7. The molecule has 6 nitrogen and oxygen atoms in total. The quantitative estimate of drug-likeness (QED) is 0.481. The second-order valence-electron chi connectivity index (χ2n) is 6.94. The van der Waals surface area contributed by atoms with Crippen LogP contribution in [0, 0.1) is 5.92 Å². The van der Waals surface area contributed by atoms with Crippen LogP contribution < -0.4 is 5.73 Å². The van der Waals surface area contributed by atoms with Crippen molar-refractivity contribution in [3.05, 3.63) is 71.8 Å². The minimum atomic E-state index is -1.30. The van der Waals surface area contributed by atoms with Crippen molar-refractivity contribution in [2.75, 3.05) is 7.11 Å². The molecule has 0 radical (unpaired) electrons. The van der Waals surface area contributed by atoms with Crippen LogP contribution in [0.3, 0.4) is 0 Å². The highest BCUT2D eigenvalue weighted by Gasteiger charge is 2.38. The van der Waals surface area contributed by atoms with Crippen molar-refractivity contribution in [2.45, 2.75) is 45.0 Å². The largest absolute Gasteiger partial charge is 0.454 e. The van der Waals surface area contributed by atoms with Gasteiger partial charge in [0.2, 0.25) is 0 Å². The van der Waals surface area contributed by atoms with Crippen LogP contribution in [0.15, 0.2) is 60.7 Å². The summed E-state index contributed by atoms with van der Waals surface area (Å²) in [5.74, 6) is -0.543. The van der Waals surface area contributed by atoms with E-state index in [0.29, 0.717) is 5.56 Å². The second-order valence-corrected chi connectivity index (χ2v) is 6.94. The van der Waals surface area contributed by atoms with Gasteiger partial charge in [0.05, 0.1) is 12.2 Å². The number of methoxy groups -OCH3 is 1. The number of ether oxygens (including phenoxy) is 3. The van der Waals surface area contributed by atoms with E-state index in [4.69, 9.17) is 19.9 Å². The monoisotopic (exact) mass is 387 g/mol. The Balaban J connectivity index is 2.23. The number of aliphatic hydroxyl groups is 1. The van der Waals surface area contributed by atoms with Gasteiger partial charge in [0.25, 0.3) is 0 Å². The Labute approximate surface area is 166 Å². The molecule has 28 heavy (non-hydrogen) atoms. The highest BCUT2D eigenvalue weighted by molar-refractivity contribution is 5.89. The molecule has 0 saturated carbocycles. The SMILES string of the molecule is COC(O)C(OCc1ccccc1)C(OC(=O)c1ccccc1)C(N)C(C)C. The standard InChI is InChI=1S/C22H29NO5/c1-15(2)18(23)19(28-21(24)17-12-8-5-9-13-17)20(22(25)26-3)27-14-16-10-6-4-7-11-16/h4-13,15,18-20,22,25H,14,23H2,1-3H3. The van der Waals surface area contributed by atoms with Gasteiger partial charge in [-0.05, 0) is 23.6 Å². The summed E-state index contributed by atoms with van der Waals surface area (Å²) >= 11 is 0. The van der Waals surface area contributed by atoms with Crippen LogP contribution in [0.4, 0.5) is 0 Å².